The van der Waals surface area contributed by atoms with Crippen molar-refractivity contribution in [2.45, 2.75) is 46.1 Å². The number of benzene rings is 1. The van der Waals surface area contributed by atoms with Gasteiger partial charge in [-0.1, -0.05) is 35.0 Å². The van der Waals surface area contributed by atoms with E-state index in [9.17, 15) is 4.79 Å². The number of carbonyl (C=O) groups excluding carboxylic acids is 1. The molecular formula is C16H21N3O2. The Labute approximate surface area is 124 Å². The van der Waals surface area contributed by atoms with Gasteiger partial charge in [-0.2, -0.15) is 4.98 Å². The van der Waals surface area contributed by atoms with E-state index in [1.165, 1.54) is 5.56 Å². The number of nitrogens with zero attached hydrogens (tertiary/aromatic N) is 2. The molecule has 21 heavy (non-hydrogen) atoms. The van der Waals surface area contributed by atoms with E-state index < -0.39 is 0 Å². The van der Waals surface area contributed by atoms with Crippen LogP contribution in [-0.2, 0) is 11.2 Å². The zero-order valence-electron chi connectivity index (χ0n) is 12.7. The molecule has 0 saturated carbocycles. The Morgan fingerprint density at radius 2 is 2.00 bits per heavy atom. The number of hydrogen-bond donors (Lipinski definition) is 1. The van der Waals surface area contributed by atoms with Crippen molar-refractivity contribution < 1.29 is 9.32 Å². The maximum Gasteiger partial charge on any atom is 0.226 e. The van der Waals surface area contributed by atoms with E-state index in [4.69, 9.17) is 4.52 Å². The molecular weight excluding hydrogens is 266 g/mol. The molecule has 0 atom stereocenters. The van der Waals surface area contributed by atoms with Crippen LogP contribution in [0.1, 0.15) is 38.1 Å². The second-order valence-electron chi connectivity index (χ2n) is 5.45. The molecule has 0 saturated heterocycles. The summed E-state index contributed by atoms with van der Waals surface area (Å²) >= 11 is 0. The largest absolute Gasteiger partial charge is 0.354 e. The van der Waals surface area contributed by atoms with Gasteiger partial charge in [-0.05, 0) is 27.2 Å². The van der Waals surface area contributed by atoms with Crippen molar-refractivity contribution >= 4 is 5.91 Å². The summed E-state index contributed by atoms with van der Waals surface area (Å²) in [7, 11) is 0. The number of hydrogen-bond acceptors (Lipinski definition) is 4. The van der Waals surface area contributed by atoms with Gasteiger partial charge in [-0.25, -0.2) is 0 Å². The fourth-order valence-electron chi connectivity index (χ4n) is 1.97. The second kappa shape index (κ2) is 7.02. The molecule has 1 amide bonds. The molecule has 5 heteroatoms. The van der Waals surface area contributed by atoms with E-state index in [2.05, 4.69) is 15.5 Å². The Bertz CT molecular complexity index is 588. The highest BCUT2D eigenvalue weighted by atomic mass is 16.5. The first-order valence-electron chi connectivity index (χ1n) is 7.23. The third-order valence-electron chi connectivity index (χ3n) is 3.02. The van der Waals surface area contributed by atoms with Crippen LogP contribution in [0.4, 0.5) is 0 Å². The summed E-state index contributed by atoms with van der Waals surface area (Å²) in [4.78, 5) is 15.9. The molecule has 0 aliphatic rings. The predicted molar refractivity (Wildman–Crippen MR) is 80.7 cm³/mol. The van der Waals surface area contributed by atoms with Crippen molar-refractivity contribution in [3.63, 3.8) is 0 Å². The first-order chi connectivity index (χ1) is 10.0. The Balaban J connectivity index is 1.86. The minimum absolute atomic E-state index is 0.0586. The molecule has 5 nitrogen and oxygen atoms in total. The highest BCUT2D eigenvalue weighted by molar-refractivity contribution is 5.76. The normalized spacial score (nSPS) is 10.9. The van der Waals surface area contributed by atoms with E-state index in [0.29, 0.717) is 31.0 Å². The van der Waals surface area contributed by atoms with Crippen LogP contribution in [0, 0.1) is 6.92 Å². The minimum Gasteiger partial charge on any atom is -0.354 e. The molecule has 112 valence electrons. The smallest absolute Gasteiger partial charge is 0.226 e. The van der Waals surface area contributed by atoms with Gasteiger partial charge in [0.15, 0.2) is 0 Å². The average molecular weight is 287 g/mol. The second-order valence-corrected chi connectivity index (χ2v) is 5.45. The average Bonchev–Trinajstić information content (AvgIpc) is 2.87. The van der Waals surface area contributed by atoms with Crippen LogP contribution in [0.5, 0.6) is 0 Å². The number of amides is 1. The molecule has 1 aromatic carbocycles. The summed E-state index contributed by atoms with van der Waals surface area (Å²) in [6, 6.07) is 8.15. The van der Waals surface area contributed by atoms with Crippen molar-refractivity contribution in [1.29, 1.82) is 0 Å². The van der Waals surface area contributed by atoms with E-state index >= 15 is 0 Å². The van der Waals surface area contributed by atoms with Crippen molar-refractivity contribution in [2.75, 3.05) is 0 Å². The molecule has 2 rings (SSSR count). The van der Waals surface area contributed by atoms with Crippen LogP contribution in [0.25, 0.3) is 11.4 Å². The summed E-state index contributed by atoms with van der Waals surface area (Å²) in [5.41, 5.74) is 2.13. The summed E-state index contributed by atoms with van der Waals surface area (Å²) in [6.07, 6.45) is 1.79. The maximum absolute atomic E-state index is 11.5. The third kappa shape index (κ3) is 4.70. The molecule has 0 fully saturated rings. The number of aryl methyl sites for hydroxylation is 2. The van der Waals surface area contributed by atoms with Gasteiger partial charge in [0.05, 0.1) is 0 Å². The monoisotopic (exact) mass is 287 g/mol. The lowest BCUT2D eigenvalue weighted by atomic mass is 10.1. The molecule has 1 N–H and O–H groups in total. The molecule has 0 bridgehead atoms. The summed E-state index contributed by atoms with van der Waals surface area (Å²) < 4.78 is 5.22. The van der Waals surface area contributed by atoms with Crippen LogP contribution in [0.3, 0.4) is 0 Å². The first-order valence-corrected chi connectivity index (χ1v) is 7.23. The fraction of sp³-hybridized carbons (Fsp3) is 0.438. The SMILES string of the molecule is Cc1ccc(-c2noc(CCCC(=O)NC(C)C)n2)cc1. The van der Waals surface area contributed by atoms with Gasteiger partial charge in [0, 0.05) is 24.4 Å². The fourth-order valence-corrected chi connectivity index (χ4v) is 1.97. The summed E-state index contributed by atoms with van der Waals surface area (Å²) in [6.45, 7) is 5.93. The first kappa shape index (κ1) is 15.2. The number of carbonyl (C=O) groups is 1. The van der Waals surface area contributed by atoms with Crippen LogP contribution < -0.4 is 5.32 Å². The lowest BCUT2D eigenvalue weighted by molar-refractivity contribution is -0.121. The standard InChI is InChI=1S/C16H21N3O2/c1-11(2)17-14(20)5-4-6-15-18-16(19-21-15)13-9-7-12(3)8-10-13/h7-11H,4-6H2,1-3H3,(H,17,20). The van der Waals surface area contributed by atoms with Crippen molar-refractivity contribution in [2.24, 2.45) is 0 Å². The van der Waals surface area contributed by atoms with Crippen molar-refractivity contribution in [3.05, 3.63) is 35.7 Å². The van der Waals surface area contributed by atoms with Gasteiger partial charge >= 0.3 is 0 Å². The van der Waals surface area contributed by atoms with Gasteiger partial charge in [0.1, 0.15) is 0 Å². The Hall–Kier alpha value is -2.17. The maximum atomic E-state index is 11.5. The van der Waals surface area contributed by atoms with E-state index in [1.807, 2.05) is 45.0 Å². The predicted octanol–water partition coefficient (Wildman–Crippen LogP) is 2.89. The zero-order valence-corrected chi connectivity index (χ0v) is 12.7. The number of nitrogens with one attached hydrogen (secondary N) is 1. The summed E-state index contributed by atoms with van der Waals surface area (Å²) in [5.74, 6) is 1.22. The van der Waals surface area contributed by atoms with E-state index in [0.717, 1.165) is 5.56 Å². The Morgan fingerprint density at radius 1 is 1.29 bits per heavy atom. The van der Waals surface area contributed by atoms with Gasteiger partial charge in [-0.15, -0.1) is 0 Å². The Kier molecular flexibility index (Phi) is 5.09. The van der Waals surface area contributed by atoms with Crippen LogP contribution in [0.15, 0.2) is 28.8 Å². The molecule has 0 unspecified atom stereocenters. The van der Waals surface area contributed by atoms with Crippen molar-refractivity contribution in [1.82, 2.24) is 15.5 Å². The highest BCUT2D eigenvalue weighted by Crippen LogP contribution is 2.16. The highest BCUT2D eigenvalue weighted by Gasteiger charge is 2.09. The van der Waals surface area contributed by atoms with Crippen LogP contribution in [0.2, 0.25) is 0 Å². The quantitative estimate of drug-likeness (QED) is 0.887. The zero-order chi connectivity index (χ0) is 15.2. The molecule has 1 aromatic heterocycles. The number of aromatic nitrogens is 2. The molecule has 2 aromatic rings. The molecule has 0 aliphatic carbocycles. The molecule has 0 radical (unpaired) electrons. The van der Waals surface area contributed by atoms with Gasteiger partial charge in [0.2, 0.25) is 17.6 Å². The van der Waals surface area contributed by atoms with Crippen molar-refractivity contribution in [3.8, 4) is 11.4 Å². The molecule has 1 heterocycles. The van der Waals surface area contributed by atoms with Gasteiger partial charge in [0.25, 0.3) is 0 Å². The summed E-state index contributed by atoms with van der Waals surface area (Å²) in [5, 5.41) is 6.84. The van der Waals surface area contributed by atoms with E-state index in [-0.39, 0.29) is 11.9 Å². The van der Waals surface area contributed by atoms with Crippen LogP contribution >= 0.6 is 0 Å². The third-order valence-corrected chi connectivity index (χ3v) is 3.02. The molecule has 0 spiro atoms. The molecule has 0 aliphatic heterocycles. The van der Waals surface area contributed by atoms with Crippen LogP contribution in [-0.4, -0.2) is 22.1 Å². The van der Waals surface area contributed by atoms with E-state index in [1.54, 1.807) is 0 Å². The minimum atomic E-state index is 0.0586. The van der Waals surface area contributed by atoms with Gasteiger partial charge in [-0.3, -0.25) is 4.79 Å². The van der Waals surface area contributed by atoms with Gasteiger partial charge < -0.3 is 9.84 Å². The topological polar surface area (TPSA) is 68.0 Å². The lowest BCUT2D eigenvalue weighted by Crippen LogP contribution is -2.29. The Morgan fingerprint density at radius 3 is 2.67 bits per heavy atom. The number of rotatable bonds is 6. The lowest BCUT2D eigenvalue weighted by Gasteiger charge is -2.06.